The summed E-state index contributed by atoms with van der Waals surface area (Å²) >= 11 is 0. The maximum Gasteiger partial charge on any atom is 0.276 e. The highest BCUT2D eigenvalue weighted by atomic mass is 16.2. The van der Waals surface area contributed by atoms with Crippen LogP contribution in [-0.2, 0) is 7.05 Å². The van der Waals surface area contributed by atoms with E-state index in [0.29, 0.717) is 18.2 Å². The molecular formula is C10H17N5O. The average Bonchev–Trinajstić information content (AvgIpc) is 2.75. The van der Waals surface area contributed by atoms with Crippen molar-refractivity contribution in [3.05, 3.63) is 11.9 Å². The van der Waals surface area contributed by atoms with Crippen molar-refractivity contribution in [2.24, 2.45) is 18.7 Å². The Morgan fingerprint density at radius 2 is 2.50 bits per heavy atom. The van der Waals surface area contributed by atoms with E-state index < -0.39 is 0 Å². The van der Waals surface area contributed by atoms with Gasteiger partial charge in [0.2, 0.25) is 0 Å². The van der Waals surface area contributed by atoms with Gasteiger partial charge in [-0.2, -0.15) is 0 Å². The molecule has 1 aliphatic rings. The van der Waals surface area contributed by atoms with E-state index in [0.717, 1.165) is 25.9 Å². The molecule has 0 bridgehead atoms. The largest absolute Gasteiger partial charge is 0.337 e. The van der Waals surface area contributed by atoms with Gasteiger partial charge in [0.15, 0.2) is 5.69 Å². The highest BCUT2D eigenvalue weighted by molar-refractivity contribution is 5.91. The molecule has 1 aromatic heterocycles. The summed E-state index contributed by atoms with van der Waals surface area (Å²) in [4.78, 5) is 13.9. The van der Waals surface area contributed by atoms with Gasteiger partial charge in [-0.3, -0.25) is 9.48 Å². The molecule has 16 heavy (non-hydrogen) atoms. The van der Waals surface area contributed by atoms with Gasteiger partial charge in [0.1, 0.15) is 0 Å². The van der Waals surface area contributed by atoms with Gasteiger partial charge >= 0.3 is 0 Å². The quantitative estimate of drug-likeness (QED) is 0.742. The first-order valence-electron chi connectivity index (χ1n) is 5.56. The van der Waals surface area contributed by atoms with E-state index in [9.17, 15) is 4.79 Å². The standard InChI is InChI=1S/C10H17N5O/c1-14-7-9(12-13-14)10(16)15-4-2-3-8(5-11)6-15/h7-8H,2-6,11H2,1H3/t8-/m0/s1. The molecule has 1 aromatic rings. The molecule has 2 heterocycles. The van der Waals surface area contributed by atoms with E-state index in [-0.39, 0.29) is 5.91 Å². The minimum atomic E-state index is -0.0359. The second-order valence-corrected chi connectivity index (χ2v) is 4.27. The van der Waals surface area contributed by atoms with E-state index >= 15 is 0 Å². The Balaban J connectivity index is 2.04. The molecule has 0 aliphatic carbocycles. The first kappa shape index (κ1) is 11.1. The number of hydrogen-bond acceptors (Lipinski definition) is 4. The third kappa shape index (κ3) is 2.21. The van der Waals surface area contributed by atoms with Gasteiger partial charge in [0.05, 0.1) is 6.20 Å². The number of amides is 1. The Hall–Kier alpha value is -1.43. The number of carbonyl (C=O) groups excluding carboxylic acids is 1. The highest BCUT2D eigenvalue weighted by Gasteiger charge is 2.25. The Labute approximate surface area is 94.4 Å². The highest BCUT2D eigenvalue weighted by Crippen LogP contribution is 2.16. The van der Waals surface area contributed by atoms with Crippen LogP contribution >= 0.6 is 0 Å². The molecule has 2 rings (SSSR count). The molecule has 0 unspecified atom stereocenters. The molecular weight excluding hydrogens is 206 g/mol. The summed E-state index contributed by atoms with van der Waals surface area (Å²) < 4.78 is 1.54. The summed E-state index contributed by atoms with van der Waals surface area (Å²) in [6.45, 7) is 2.18. The van der Waals surface area contributed by atoms with Gasteiger partial charge in [0.25, 0.3) is 5.91 Å². The fourth-order valence-corrected chi connectivity index (χ4v) is 2.05. The van der Waals surface area contributed by atoms with E-state index in [1.807, 2.05) is 4.90 Å². The molecule has 6 nitrogen and oxygen atoms in total. The van der Waals surface area contributed by atoms with E-state index in [2.05, 4.69) is 10.3 Å². The molecule has 6 heteroatoms. The van der Waals surface area contributed by atoms with Gasteiger partial charge in [-0.1, -0.05) is 5.21 Å². The minimum absolute atomic E-state index is 0.0359. The zero-order chi connectivity index (χ0) is 11.5. The molecule has 0 saturated carbocycles. The molecule has 88 valence electrons. The Morgan fingerprint density at radius 3 is 3.12 bits per heavy atom. The molecule has 1 saturated heterocycles. The van der Waals surface area contributed by atoms with Crippen LogP contribution in [0.4, 0.5) is 0 Å². The van der Waals surface area contributed by atoms with Crippen molar-refractivity contribution < 1.29 is 4.79 Å². The van der Waals surface area contributed by atoms with Crippen LogP contribution in [0.2, 0.25) is 0 Å². The van der Waals surface area contributed by atoms with Gasteiger partial charge < -0.3 is 10.6 Å². The Morgan fingerprint density at radius 1 is 1.69 bits per heavy atom. The first-order chi connectivity index (χ1) is 7.70. The summed E-state index contributed by atoms with van der Waals surface area (Å²) in [5.41, 5.74) is 6.06. The normalized spacial score (nSPS) is 21.1. The van der Waals surface area contributed by atoms with E-state index in [4.69, 9.17) is 5.73 Å². The van der Waals surface area contributed by atoms with Crippen LogP contribution in [0.1, 0.15) is 23.3 Å². The summed E-state index contributed by atoms with van der Waals surface area (Å²) in [6.07, 6.45) is 3.78. The monoisotopic (exact) mass is 223 g/mol. The number of aromatic nitrogens is 3. The summed E-state index contributed by atoms with van der Waals surface area (Å²) in [5, 5.41) is 7.60. The number of rotatable bonds is 2. The lowest BCUT2D eigenvalue weighted by molar-refractivity contribution is 0.0672. The van der Waals surface area contributed by atoms with Crippen LogP contribution in [0.25, 0.3) is 0 Å². The molecule has 1 amide bonds. The summed E-state index contributed by atoms with van der Waals surface area (Å²) in [5.74, 6) is 0.389. The fourth-order valence-electron chi connectivity index (χ4n) is 2.05. The Kier molecular flexibility index (Phi) is 3.19. The first-order valence-corrected chi connectivity index (χ1v) is 5.56. The fraction of sp³-hybridized carbons (Fsp3) is 0.700. The second kappa shape index (κ2) is 4.61. The van der Waals surface area contributed by atoms with Crippen molar-refractivity contribution in [2.45, 2.75) is 12.8 Å². The van der Waals surface area contributed by atoms with Crippen molar-refractivity contribution >= 4 is 5.91 Å². The van der Waals surface area contributed by atoms with Crippen LogP contribution in [0.3, 0.4) is 0 Å². The molecule has 1 atom stereocenters. The smallest absolute Gasteiger partial charge is 0.276 e. The van der Waals surface area contributed by atoms with Crippen molar-refractivity contribution in [3.8, 4) is 0 Å². The van der Waals surface area contributed by atoms with E-state index in [1.165, 1.54) is 4.68 Å². The lowest BCUT2D eigenvalue weighted by atomic mass is 9.98. The average molecular weight is 223 g/mol. The van der Waals surface area contributed by atoms with E-state index in [1.54, 1.807) is 13.2 Å². The zero-order valence-corrected chi connectivity index (χ0v) is 9.46. The van der Waals surface area contributed by atoms with Crippen molar-refractivity contribution in [1.82, 2.24) is 19.9 Å². The van der Waals surface area contributed by atoms with Crippen LogP contribution in [0.5, 0.6) is 0 Å². The van der Waals surface area contributed by atoms with Crippen molar-refractivity contribution in [2.75, 3.05) is 19.6 Å². The predicted molar refractivity (Wildman–Crippen MR) is 58.7 cm³/mol. The van der Waals surface area contributed by atoms with Crippen molar-refractivity contribution in [1.29, 1.82) is 0 Å². The number of piperidine rings is 1. The minimum Gasteiger partial charge on any atom is -0.337 e. The number of likely N-dealkylation sites (tertiary alicyclic amines) is 1. The molecule has 0 aromatic carbocycles. The second-order valence-electron chi connectivity index (χ2n) is 4.27. The topological polar surface area (TPSA) is 77.0 Å². The van der Waals surface area contributed by atoms with Crippen molar-refractivity contribution in [3.63, 3.8) is 0 Å². The predicted octanol–water partition coefficient (Wildman–Crippen LogP) is -0.374. The lowest BCUT2D eigenvalue weighted by Gasteiger charge is -2.31. The third-order valence-electron chi connectivity index (χ3n) is 2.96. The van der Waals surface area contributed by atoms with Crippen LogP contribution in [-0.4, -0.2) is 45.4 Å². The molecule has 0 radical (unpaired) electrons. The number of nitrogens with two attached hydrogens (primary N) is 1. The van der Waals surface area contributed by atoms with Crippen LogP contribution < -0.4 is 5.73 Å². The maximum absolute atomic E-state index is 12.0. The number of aryl methyl sites for hydroxylation is 1. The molecule has 2 N–H and O–H groups in total. The molecule has 1 aliphatic heterocycles. The Bertz CT molecular complexity index is 375. The third-order valence-corrected chi connectivity index (χ3v) is 2.96. The molecule has 1 fully saturated rings. The van der Waals surface area contributed by atoms with Gasteiger partial charge in [-0.05, 0) is 25.3 Å². The molecule has 0 spiro atoms. The van der Waals surface area contributed by atoms with Gasteiger partial charge in [-0.25, -0.2) is 0 Å². The van der Waals surface area contributed by atoms with Gasteiger partial charge in [-0.15, -0.1) is 5.10 Å². The zero-order valence-electron chi connectivity index (χ0n) is 9.46. The number of nitrogens with zero attached hydrogens (tertiary/aromatic N) is 4. The number of carbonyl (C=O) groups is 1. The maximum atomic E-state index is 12.0. The SMILES string of the molecule is Cn1cc(C(=O)N2CCC[C@@H](CN)C2)nn1. The summed E-state index contributed by atoms with van der Waals surface area (Å²) in [6, 6.07) is 0. The number of hydrogen-bond donors (Lipinski definition) is 1. The van der Waals surface area contributed by atoms with Crippen LogP contribution in [0.15, 0.2) is 6.20 Å². The lowest BCUT2D eigenvalue weighted by Crippen LogP contribution is -2.42. The van der Waals surface area contributed by atoms with Gasteiger partial charge in [0, 0.05) is 20.1 Å². The summed E-state index contributed by atoms with van der Waals surface area (Å²) in [7, 11) is 1.75. The van der Waals surface area contributed by atoms with Crippen LogP contribution in [0, 0.1) is 5.92 Å².